The Morgan fingerprint density at radius 3 is 2.81 bits per heavy atom. The number of aliphatic imine (C=N–C) groups is 1. The van der Waals surface area contributed by atoms with Gasteiger partial charge < -0.3 is 19.8 Å². The maximum atomic E-state index is 5.83. The zero-order valence-corrected chi connectivity index (χ0v) is 15.9. The molecule has 2 heterocycles. The average molecular weight is 355 g/mol. The van der Waals surface area contributed by atoms with Gasteiger partial charge in [-0.1, -0.05) is 25.1 Å². The lowest BCUT2D eigenvalue weighted by atomic mass is 9.94. The average Bonchev–Trinajstić information content (AvgIpc) is 3.31. The number of guanidine groups is 1. The molecule has 2 aromatic rings. The lowest BCUT2D eigenvalue weighted by Crippen LogP contribution is -2.47. The molecular weight excluding hydrogens is 326 g/mol. The third-order valence-electron chi connectivity index (χ3n) is 4.91. The summed E-state index contributed by atoms with van der Waals surface area (Å²) in [6, 6.07) is 12.8. The predicted molar refractivity (Wildman–Crippen MR) is 105 cm³/mol. The fourth-order valence-electron chi connectivity index (χ4n) is 3.12. The lowest BCUT2D eigenvalue weighted by molar-refractivity contribution is 0.312. The van der Waals surface area contributed by atoms with E-state index in [1.807, 2.05) is 24.3 Å². The van der Waals surface area contributed by atoms with Gasteiger partial charge in [0.1, 0.15) is 11.5 Å². The van der Waals surface area contributed by atoms with E-state index >= 15 is 0 Å². The van der Waals surface area contributed by atoms with Crippen molar-refractivity contribution in [1.82, 2.24) is 10.6 Å². The molecule has 2 N–H and O–H groups in total. The van der Waals surface area contributed by atoms with Gasteiger partial charge in [0, 0.05) is 36.5 Å². The highest BCUT2D eigenvalue weighted by molar-refractivity contribution is 5.80. The van der Waals surface area contributed by atoms with Crippen LogP contribution in [-0.4, -0.2) is 31.2 Å². The molecule has 0 saturated carbocycles. The second-order valence-corrected chi connectivity index (χ2v) is 6.90. The Kier molecular flexibility index (Phi) is 6.21. The number of benzene rings is 1. The first-order valence-electron chi connectivity index (χ1n) is 9.49. The summed E-state index contributed by atoms with van der Waals surface area (Å²) in [6.45, 7) is 7.92. The largest absolute Gasteiger partial charge is 0.493 e. The van der Waals surface area contributed by atoms with Gasteiger partial charge in [0.2, 0.25) is 0 Å². The van der Waals surface area contributed by atoms with Crippen LogP contribution in [0.5, 0.6) is 5.75 Å². The zero-order valence-electron chi connectivity index (χ0n) is 15.9. The molecule has 0 aliphatic carbocycles. The Morgan fingerprint density at radius 2 is 2.04 bits per heavy atom. The number of fused-ring (bicyclic) bond motifs is 1. The van der Waals surface area contributed by atoms with Crippen LogP contribution in [0.15, 0.2) is 52.1 Å². The highest BCUT2D eigenvalue weighted by atomic mass is 16.5. The van der Waals surface area contributed by atoms with Crippen molar-refractivity contribution in [3.05, 3.63) is 54.0 Å². The fourth-order valence-corrected chi connectivity index (χ4v) is 3.12. The molecule has 1 aliphatic rings. The van der Waals surface area contributed by atoms with Crippen molar-refractivity contribution in [3.63, 3.8) is 0 Å². The van der Waals surface area contributed by atoms with Crippen molar-refractivity contribution < 1.29 is 9.15 Å². The van der Waals surface area contributed by atoms with Crippen molar-refractivity contribution in [2.45, 2.75) is 51.6 Å². The Morgan fingerprint density at radius 1 is 1.19 bits per heavy atom. The van der Waals surface area contributed by atoms with Gasteiger partial charge in [-0.05, 0) is 38.5 Å². The van der Waals surface area contributed by atoms with E-state index in [2.05, 4.69) is 43.5 Å². The monoisotopic (exact) mass is 355 g/mol. The van der Waals surface area contributed by atoms with E-state index in [1.54, 1.807) is 6.26 Å². The Hall–Kier alpha value is -2.43. The molecule has 3 rings (SSSR count). The van der Waals surface area contributed by atoms with Crippen LogP contribution in [0.4, 0.5) is 0 Å². The van der Waals surface area contributed by atoms with Gasteiger partial charge in [-0.3, -0.25) is 4.99 Å². The van der Waals surface area contributed by atoms with Crippen molar-refractivity contribution in [2.24, 2.45) is 4.99 Å². The van der Waals surface area contributed by atoms with Crippen LogP contribution in [0.3, 0.4) is 0 Å². The Bertz CT molecular complexity index is 712. The van der Waals surface area contributed by atoms with E-state index in [4.69, 9.17) is 14.1 Å². The van der Waals surface area contributed by atoms with Crippen LogP contribution >= 0.6 is 0 Å². The lowest BCUT2D eigenvalue weighted by Gasteiger charge is -2.24. The molecule has 0 radical (unpaired) electrons. The minimum atomic E-state index is 0.220. The molecule has 3 unspecified atom stereocenters. The zero-order chi connectivity index (χ0) is 18.4. The summed E-state index contributed by atoms with van der Waals surface area (Å²) < 4.78 is 11.2. The topological polar surface area (TPSA) is 58.8 Å². The summed E-state index contributed by atoms with van der Waals surface area (Å²) in [6.07, 6.45) is 3.54. The molecule has 1 aliphatic heterocycles. The second kappa shape index (κ2) is 8.79. The van der Waals surface area contributed by atoms with Gasteiger partial charge in [0.15, 0.2) is 5.96 Å². The molecule has 3 atom stereocenters. The molecule has 1 aromatic carbocycles. The molecule has 0 spiro atoms. The van der Waals surface area contributed by atoms with Gasteiger partial charge in [0.25, 0.3) is 0 Å². The van der Waals surface area contributed by atoms with Crippen molar-refractivity contribution in [3.8, 4) is 5.75 Å². The molecule has 26 heavy (non-hydrogen) atoms. The van der Waals surface area contributed by atoms with Crippen LogP contribution in [0.1, 0.15) is 44.4 Å². The second-order valence-electron chi connectivity index (χ2n) is 6.90. The number of nitrogens with zero attached hydrogens (tertiary/aromatic N) is 1. The number of ether oxygens (including phenoxy) is 1. The van der Waals surface area contributed by atoms with Gasteiger partial charge >= 0.3 is 0 Å². The summed E-state index contributed by atoms with van der Waals surface area (Å²) >= 11 is 0. The molecule has 140 valence electrons. The van der Waals surface area contributed by atoms with Crippen LogP contribution in [0.25, 0.3) is 0 Å². The number of rotatable bonds is 7. The number of hydrogen-bond donors (Lipinski definition) is 2. The smallest absolute Gasteiger partial charge is 0.191 e. The van der Waals surface area contributed by atoms with Crippen LogP contribution in [-0.2, 0) is 6.42 Å². The highest BCUT2D eigenvalue weighted by Gasteiger charge is 2.29. The number of para-hydroxylation sites is 1. The van der Waals surface area contributed by atoms with E-state index in [0.29, 0.717) is 25.1 Å². The maximum Gasteiger partial charge on any atom is 0.191 e. The highest BCUT2D eigenvalue weighted by Crippen LogP contribution is 2.35. The van der Waals surface area contributed by atoms with E-state index < -0.39 is 0 Å². The summed E-state index contributed by atoms with van der Waals surface area (Å²) in [7, 11) is 0. The van der Waals surface area contributed by atoms with Crippen molar-refractivity contribution in [1.29, 1.82) is 0 Å². The first kappa shape index (κ1) is 18.4. The van der Waals surface area contributed by atoms with Crippen molar-refractivity contribution >= 4 is 5.96 Å². The van der Waals surface area contributed by atoms with Gasteiger partial charge in [-0.2, -0.15) is 0 Å². The summed E-state index contributed by atoms with van der Waals surface area (Å²) in [4.78, 5) is 4.75. The van der Waals surface area contributed by atoms with E-state index in [1.165, 1.54) is 5.56 Å². The molecule has 5 nitrogen and oxygen atoms in total. The SMILES string of the molecule is CCC(C)NC(=NCCc1ccco1)NC(C)C1COc2ccccc21. The van der Waals surface area contributed by atoms with Gasteiger partial charge in [-0.25, -0.2) is 0 Å². The molecule has 0 fully saturated rings. The fraction of sp³-hybridized carbons (Fsp3) is 0.476. The molecule has 1 aromatic heterocycles. The molecule has 0 saturated heterocycles. The molecular formula is C21H29N3O2. The first-order chi connectivity index (χ1) is 12.7. The van der Waals surface area contributed by atoms with E-state index in [0.717, 1.165) is 30.3 Å². The number of nitrogens with one attached hydrogen (secondary N) is 2. The van der Waals surface area contributed by atoms with Crippen molar-refractivity contribution in [2.75, 3.05) is 13.2 Å². The number of hydrogen-bond acceptors (Lipinski definition) is 3. The van der Waals surface area contributed by atoms with Gasteiger partial charge in [-0.15, -0.1) is 0 Å². The van der Waals surface area contributed by atoms with Crippen LogP contribution in [0.2, 0.25) is 0 Å². The van der Waals surface area contributed by atoms with Gasteiger partial charge in [0.05, 0.1) is 12.9 Å². The molecule has 0 bridgehead atoms. The minimum Gasteiger partial charge on any atom is -0.493 e. The summed E-state index contributed by atoms with van der Waals surface area (Å²) in [5, 5.41) is 7.07. The molecule has 0 amide bonds. The number of furan rings is 1. The quantitative estimate of drug-likeness (QED) is 0.587. The predicted octanol–water partition coefficient (Wildman–Crippen LogP) is 3.72. The van der Waals surface area contributed by atoms with E-state index in [9.17, 15) is 0 Å². The van der Waals surface area contributed by atoms with Crippen LogP contribution < -0.4 is 15.4 Å². The first-order valence-corrected chi connectivity index (χ1v) is 9.49. The molecule has 5 heteroatoms. The maximum absolute atomic E-state index is 5.83. The summed E-state index contributed by atoms with van der Waals surface area (Å²) in [5.41, 5.74) is 1.27. The Labute approximate surface area is 155 Å². The summed E-state index contributed by atoms with van der Waals surface area (Å²) in [5.74, 6) is 3.13. The van der Waals surface area contributed by atoms with Crippen LogP contribution in [0, 0.1) is 0 Å². The minimum absolute atomic E-state index is 0.220. The third kappa shape index (κ3) is 4.59. The standard InChI is InChI=1S/C21H29N3O2/c1-4-15(2)23-21(22-12-11-17-8-7-13-25-17)24-16(3)19-14-26-20-10-6-5-9-18(19)20/h5-10,13,15-16,19H,4,11-12,14H2,1-3H3,(H2,22,23,24). The third-order valence-corrected chi connectivity index (χ3v) is 4.91. The van der Waals surface area contributed by atoms with E-state index in [-0.39, 0.29) is 6.04 Å². The Balaban J connectivity index is 1.64. The normalized spacial score (nSPS) is 18.7.